The van der Waals surface area contributed by atoms with Gasteiger partial charge in [0.25, 0.3) is 0 Å². The van der Waals surface area contributed by atoms with Crippen molar-refractivity contribution in [2.24, 2.45) is 0 Å². The van der Waals surface area contributed by atoms with E-state index in [0.29, 0.717) is 41.7 Å². The number of hydrogen-bond donors (Lipinski definition) is 2. The number of rotatable bonds is 3. The summed E-state index contributed by atoms with van der Waals surface area (Å²) in [5, 5.41) is 14.8. The fraction of sp³-hybridized carbons (Fsp3) is 0.455. The van der Waals surface area contributed by atoms with Gasteiger partial charge in [-0.1, -0.05) is 6.07 Å². The van der Waals surface area contributed by atoms with Crippen LogP contribution in [0.5, 0.6) is 11.8 Å². The van der Waals surface area contributed by atoms with Crippen LogP contribution in [0, 0.1) is 11.6 Å². The van der Waals surface area contributed by atoms with Crippen LogP contribution in [0.1, 0.15) is 44.1 Å². The second-order valence-corrected chi connectivity index (χ2v) is 12.7. The van der Waals surface area contributed by atoms with Crippen molar-refractivity contribution in [3.05, 3.63) is 47.7 Å². The predicted molar refractivity (Wildman–Crippen MR) is 164 cm³/mol. The zero-order valence-electron chi connectivity index (χ0n) is 24.8. The number of ether oxygens (including phenoxy) is 2. The minimum Gasteiger partial charge on any atom is -0.508 e. The first kappa shape index (κ1) is 28.2. The van der Waals surface area contributed by atoms with Crippen molar-refractivity contribution in [3.63, 3.8) is 0 Å². The van der Waals surface area contributed by atoms with E-state index in [1.165, 1.54) is 30.5 Å². The molecule has 7 heterocycles. The molecular formula is C33H34F2N6O4. The van der Waals surface area contributed by atoms with Gasteiger partial charge in [0, 0.05) is 37.3 Å². The summed E-state index contributed by atoms with van der Waals surface area (Å²) in [4.78, 5) is 31.2. The smallest absolute Gasteiger partial charge is 0.407 e. The number of aromatic nitrogens is 3. The number of pyridine rings is 1. The zero-order valence-corrected chi connectivity index (χ0v) is 24.8. The number of nitrogens with one attached hydrogen (secondary N) is 1. The van der Waals surface area contributed by atoms with E-state index in [0.717, 1.165) is 51.6 Å². The van der Waals surface area contributed by atoms with Crippen LogP contribution in [-0.4, -0.2) is 82.0 Å². The summed E-state index contributed by atoms with van der Waals surface area (Å²) in [5.41, 5.74) is 0.336. The number of fused-ring (bicyclic) bond motifs is 6. The lowest BCUT2D eigenvalue weighted by molar-refractivity contribution is 0.108. The third-order valence-electron chi connectivity index (χ3n) is 9.96. The van der Waals surface area contributed by atoms with Gasteiger partial charge in [0.1, 0.15) is 35.2 Å². The highest BCUT2D eigenvalue weighted by Crippen LogP contribution is 2.41. The molecule has 3 fully saturated rings. The van der Waals surface area contributed by atoms with Crippen LogP contribution < -0.4 is 15.0 Å². The number of nitrogens with zero attached hydrogens (tertiary/aromatic N) is 5. The number of phenols is 1. The SMILES string of the molecule is O=C1NC2CCCN(C2)c2nc(OCC34CCCN3CCC4)nc3c(F)c(ncc23)-c2cc(O)cc3ccc(F)c(c23)CCO1. The molecule has 3 saturated heterocycles. The Balaban J connectivity index is 1.32. The number of carbonyl (C=O) groups excluding carboxylic acids is 1. The maximum absolute atomic E-state index is 16.8. The Bertz CT molecular complexity index is 1830. The second kappa shape index (κ2) is 10.9. The molecule has 0 aliphatic carbocycles. The van der Waals surface area contributed by atoms with E-state index in [2.05, 4.69) is 20.2 Å². The van der Waals surface area contributed by atoms with Crippen LogP contribution in [0.2, 0.25) is 0 Å². The summed E-state index contributed by atoms with van der Waals surface area (Å²) in [6.45, 7) is 3.47. The second-order valence-electron chi connectivity index (χ2n) is 12.7. The molecule has 10 nitrogen and oxygen atoms in total. The van der Waals surface area contributed by atoms with Crippen molar-refractivity contribution >= 4 is 33.6 Å². The van der Waals surface area contributed by atoms with Crippen molar-refractivity contribution in [1.29, 1.82) is 0 Å². The van der Waals surface area contributed by atoms with Crippen LogP contribution in [0.4, 0.5) is 19.4 Å². The molecule has 2 aromatic heterocycles. The Kier molecular flexibility index (Phi) is 6.85. The van der Waals surface area contributed by atoms with Gasteiger partial charge in [-0.05, 0) is 86.1 Å². The third kappa shape index (κ3) is 4.86. The summed E-state index contributed by atoms with van der Waals surface area (Å²) >= 11 is 0. The van der Waals surface area contributed by atoms with Gasteiger partial charge in [0.2, 0.25) is 0 Å². The molecule has 6 bridgehead atoms. The third-order valence-corrected chi connectivity index (χ3v) is 9.96. The highest BCUT2D eigenvalue weighted by atomic mass is 19.1. The highest BCUT2D eigenvalue weighted by molar-refractivity contribution is 6.01. The number of amides is 1. The van der Waals surface area contributed by atoms with Crippen LogP contribution in [0.3, 0.4) is 0 Å². The van der Waals surface area contributed by atoms with E-state index in [4.69, 9.17) is 14.5 Å². The first-order chi connectivity index (χ1) is 21.9. The monoisotopic (exact) mass is 616 g/mol. The quantitative estimate of drug-likeness (QED) is 0.325. The molecule has 9 rings (SSSR count). The Morgan fingerprint density at radius 3 is 2.80 bits per heavy atom. The summed E-state index contributed by atoms with van der Waals surface area (Å²) in [7, 11) is 0. The van der Waals surface area contributed by atoms with Gasteiger partial charge in [0.15, 0.2) is 5.82 Å². The first-order valence-electron chi connectivity index (χ1n) is 15.8. The number of aromatic hydroxyl groups is 1. The van der Waals surface area contributed by atoms with Gasteiger partial charge < -0.3 is 24.8 Å². The summed E-state index contributed by atoms with van der Waals surface area (Å²) in [6.07, 6.45) is 6.79. The van der Waals surface area contributed by atoms with E-state index >= 15 is 8.78 Å². The fourth-order valence-electron chi connectivity index (χ4n) is 7.85. The first-order valence-corrected chi connectivity index (χ1v) is 15.8. The Labute approximate surface area is 258 Å². The molecule has 45 heavy (non-hydrogen) atoms. The number of alkyl carbamates (subject to hydrolysis) is 1. The summed E-state index contributed by atoms with van der Waals surface area (Å²) in [5.74, 6) is -0.893. The van der Waals surface area contributed by atoms with Gasteiger partial charge >= 0.3 is 12.1 Å². The molecule has 0 saturated carbocycles. The number of benzene rings is 2. The van der Waals surface area contributed by atoms with Gasteiger partial charge in [-0.25, -0.2) is 13.6 Å². The maximum atomic E-state index is 16.8. The van der Waals surface area contributed by atoms with Gasteiger partial charge in [-0.2, -0.15) is 9.97 Å². The number of anilines is 1. The predicted octanol–water partition coefficient (Wildman–Crippen LogP) is 5.09. The lowest BCUT2D eigenvalue weighted by atomic mass is 9.94. The molecule has 2 N–H and O–H groups in total. The van der Waals surface area contributed by atoms with Crippen LogP contribution in [0.25, 0.3) is 32.9 Å². The average Bonchev–Trinajstić information content (AvgIpc) is 3.61. The molecule has 0 spiro atoms. The Morgan fingerprint density at radius 1 is 1.11 bits per heavy atom. The summed E-state index contributed by atoms with van der Waals surface area (Å²) in [6, 6.07) is 5.52. The standard InChI is InChI=1S/C33H34F2N6O4/c34-25-6-5-19-14-21(42)15-23-26(19)22(25)7-13-44-32(43)37-20-4-1-10-40(17-20)30-24-16-36-28(23)27(35)29(24)38-31(39-30)45-18-33-8-2-11-41(33)12-3-9-33/h5-6,14-16,20,42H,1-4,7-13,17-18H2,(H,37,43). The number of phenolic OH excluding ortho intramolecular Hbond substituents is 1. The molecule has 12 heteroatoms. The number of piperidine rings is 1. The Hall–Kier alpha value is -4.32. The van der Waals surface area contributed by atoms with Crippen LogP contribution >= 0.6 is 0 Å². The van der Waals surface area contributed by atoms with E-state index in [-0.39, 0.29) is 58.7 Å². The van der Waals surface area contributed by atoms with E-state index in [9.17, 15) is 9.90 Å². The molecule has 234 valence electrons. The fourth-order valence-corrected chi connectivity index (χ4v) is 7.85. The van der Waals surface area contributed by atoms with Gasteiger partial charge in [-0.3, -0.25) is 9.88 Å². The Morgan fingerprint density at radius 2 is 1.96 bits per heavy atom. The lowest BCUT2D eigenvalue weighted by Crippen LogP contribution is -2.48. The van der Waals surface area contributed by atoms with E-state index in [1.807, 2.05) is 4.90 Å². The molecule has 1 atom stereocenters. The molecule has 0 radical (unpaired) electrons. The van der Waals surface area contributed by atoms with Crippen molar-refractivity contribution < 1.29 is 28.2 Å². The molecule has 4 aromatic rings. The van der Waals surface area contributed by atoms with Gasteiger partial charge in [-0.15, -0.1) is 0 Å². The minimum absolute atomic E-state index is 0.0308. The summed E-state index contributed by atoms with van der Waals surface area (Å²) < 4.78 is 44.0. The molecular weight excluding hydrogens is 582 g/mol. The molecule has 1 amide bonds. The van der Waals surface area contributed by atoms with E-state index < -0.39 is 17.7 Å². The maximum Gasteiger partial charge on any atom is 0.407 e. The van der Waals surface area contributed by atoms with Crippen molar-refractivity contribution in [2.75, 3.05) is 44.3 Å². The molecule has 2 aromatic carbocycles. The number of carbonyl (C=O) groups is 1. The number of hydrogen-bond acceptors (Lipinski definition) is 9. The average molecular weight is 617 g/mol. The zero-order chi connectivity index (χ0) is 30.7. The minimum atomic E-state index is -0.713. The van der Waals surface area contributed by atoms with Crippen LogP contribution in [-0.2, 0) is 11.2 Å². The normalized spacial score (nSPS) is 21.3. The van der Waals surface area contributed by atoms with Crippen LogP contribution in [0.15, 0.2) is 30.5 Å². The largest absolute Gasteiger partial charge is 0.508 e. The van der Waals surface area contributed by atoms with Crippen molar-refractivity contribution in [2.45, 2.75) is 56.5 Å². The molecule has 5 aliphatic heterocycles. The van der Waals surface area contributed by atoms with Crippen molar-refractivity contribution in [1.82, 2.24) is 25.2 Å². The number of halogens is 2. The van der Waals surface area contributed by atoms with Crippen molar-refractivity contribution in [3.8, 4) is 23.0 Å². The topological polar surface area (TPSA) is 113 Å². The molecule has 1 unspecified atom stereocenters. The van der Waals surface area contributed by atoms with E-state index in [1.54, 1.807) is 0 Å². The molecule has 5 aliphatic rings. The highest BCUT2D eigenvalue weighted by Gasteiger charge is 2.45. The lowest BCUT2D eigenvalue weighted by Gasteiger charge is -2.34. The van der Waals surface area contributed by atoms with Gasteiger partial charge in [0.05, 0.1) is 17.5 Å².